The molecule has 21 heavy (non-hydrogen) atoms. The number of halogens is 2. The van der Waals surface area contributed by atoms with Gasteiger partial charge >= 0.3 is 5.97 Å². The van der Waals surface area contributed by atoms with Crippen molar-refractivity contribution in [1.29, 1.82) is 0 Å². The maximum absolute atomic E-state index is 13.9. The molecule has 0 saturated heterocycles. The molecule has 1 aromatic carbocycles. The zero-order valence-electron chi connectivity index (χ0n) is 11.8. The lowest BCUT2D eigenvalue weighted by Crippen LogP contribution is -2.09. The minimum atomic E-state index is -0.400. The van der Waals surface area contributed by atoms with Crippen molar-refractivity contribution in [3.8, 4) is 11.3 Å². The fraction of sp³-hybridized carbons (Fsp3) is 0.250. The number of aryl methyl sites for hydroxylation is 1. The Labute approximate surface area is 131 Å². The highest BCUT2D eigenvalue weighted by molar-refractivity contribution is 9.10. The molecule has 2 rings (SSSR count). The van der Waals surface area contributed by atoms with Crippen LogP contribution in [0.5, 0.6) is 0 Å². The zero-order chi connectivity index (χ0) is 15.4. The van der Waals surface area contributed by atoms with E-state index in [2.05, 4.69) is 20.9 Å². The zero-order valence-corrected chi connectivity index (χ0v) is 13.4. The van der Waals surface area contributed by atoms with E-state index in [4.69, 9.17) is 4.74 Å². The lowest BCUT2D eigenvalue weighted by molar-refractivity contribution is 0.0524. The van der Waals surface area contributed by atoms with Gasteiger partial charge in [-0.2, -0.15) is 0 Å². The molecule has 0 fully saturated rings. The Balaban J connectivity index is 2.48. The van der Waals surface area contributed by atoms with Gasteiger partial charge in [-0.05, 0) is 43.7 Å². The van der Waals surface area contributed by atoms with Gasteiger partial charge in [-0.15, -0.1) is 0 Å². The quantitative estimate of drug-likeness (QED) is 0.766. The summed E-state index contributed by atoms with van der Waals surface area (Å²) in [4.78, 5) is 16.3. The molecule has 3 nitrogen and oxygen atoms in total. The van der Waals surface area contributed by atoms with Crippen LogP contribution in [0.1, 0.15) is 29.9 Å². The highest BCUT2D eigenvalue weighted by atomic mass is 79.9. The number of pyridine rings is 1. The Kier molecular flexibility index (Phi) is 5.07. The molecule has 0 saturated carbocycles. The summed E-state index contributed by atoms with van der Waals surface area (Å²) >= 11 is 3.32. The third-order valence-electron chi connectivity index (χ3n) is 3.01. The number of hydrogen-bond donors (Lipinski definition) is 0. The molecule has 0 aliphatic rings. The molecule has 1 heterocycles. The lowest BCUT2D eigenvalue weighted by atomic mass is 10.1. The molecular weight excluding hydrogens is 337 g/mol. The van der Waals surface area contributed by atoms with Gasteiger partial charge < -0.3 is 4.74 Å². The second-order valence-electron chi connectivity index (χ2n) is 4.39. The number of hydrogen-bond acceptors (Lipinski definition) is 3. The van der Waals surface area contributed by atoms with Crippen LogP contribution < -0.4 is 0 Å². The minimum absolute atomic E-state index is 0.310. The van der Waals surface area contributed by atoms with E-state index in [9.17, 15) is 9.18 Å². The Morgan fingerprint density at radius 3 is 2.71 bits per heavy atom. The van der Waals surface area contributed by atoms with Crippen LogP contribution in [0.2, 0.25) is 0 Å². The van der Waals surface area contributed by atoms with Gasteiger partial charge in [0.05, 0.1) is 23.6 Å². The first-order valence-corrected chi connectivity index (χ1v) is 7.48. The molecule has 110 valence electrons. The van der Waals surface area contributed by atoms with Gasteiger partial charge in [0, 0.05) is 10.0 Å². The molecule has 0 N–H and O–H groups in total. The summed E-state index contributed by atoms with van der Waals surface area (Å²) in [6.07, 6.45) is 0.567. The van der Waals surface area contributed by atoms with Crippen LogP contribution in [0.3, 0.4) is 0 Å². The van der Waals surface area contributed by atoms with Crippen LogP contribution in [0.25, 0.3) is 11.3 Å². The number of carbonyl (C=O) groups is 1. The topological polar surface area (TPSA) is 39.2 Å². The first-order valence-electron chi connectivity index (χ1n) is 6.69. The van der Waals surface area contributed by atoms with E-state index < -0.39 is 5.97 Å². The standard InChI is InChI=1S/C16H15BrFNO2/c1-3-14-11(16(20)21-4-2)6-8-15(19-14)12-9-10(17)5-7-13(12)18/h5-9H,3-4H2,1-2H3. The second-order valence-corrected chi connectivity index (χ2v) is 5.30. The molecule has 0 spiro atoms. The Morgan fingerprint density at radius 2 is 2.05 bits per heavy atom. The normalized spacial score (nSPS) is 10.5. The molecule has 0 aliphatic heterocycles. The van der Waals surface area contributed by atoms with Crippen LogP contribution in [-0.2, 0) is 11.2 Å². The van der Waals surface area contributed by atoms with E-state index in [-0.39, 0.29) is 5.82 Å². The van der Waals surface area contributed by atoms with Gasteiger partial charge in [0.2, 0.25) is 0 Å². The molecule has 0 bridgehead atoms. The van der Waals surface area contributed by atoms with Crippen LogP contribution in [0.15, 0.2) is 34.8 Å². The predicted molar refractivity (Wildman–Crippen MR) is 82.7 cm³/mol. The predicted octanol–water partition coefficient (Wildman–Crippen LogP) is 4.39. The fourth-order valence-electron chi connectivity index (χ4n) is 2.01. The van der Waals surface area contributed by atoms with Gasteiger partial charge in [-0.25, -0.2) is 9.18 Å². The molecule has 0 aliphatic carbocycles. The average Bonchev–Trinajstić information content (AvgIpc) is 2.49. The fourth-order valence-corrected chi connectivity index (χ4v) is 2.37. The minimum Gasteiger partial charge on any atom is -0.462 e. The van der Waals surface area contributed by atoms with E-state index in [1.165, 1.54) is 6.07 Å². The number of aromatic nitrogens is 1. The first-order chi connectivity index (χ1) is 10.1. The maximum atomic E-state index is 13.9. The van der Waals surface area contributed by atoms with Crippen molar-refractivity contribution in [2.45, 2.75) is 20.3 Å². The van der Waals surface area contributed by atoms with Crippen molar-refractivity contribution in [3.05, 3.63) is 51.9 Å². The smallest absolute Gasteiger partial charge is 0.339 e. The van der Waals surface area contributed by atoms with Crippen LogP contribution in [0, 0.1) is 5.82 Å². The Hall–Kier alpha value is -1.75. The lowest BCUT2D eigenvalue weighted by Gasteiger charge is -2.10. The van der Waals surface area contributed by atoms with Crippen molar-refractivity contribution in [2.75, 3.05) is 6.61 Å². The summed E-state index contributed by atoms with van der Waals surface area (Å²) in [6.45, 7) is 3.96. The molecule has 0 atom stereocenters. The van der Waals surface area contributed by atoms with Crippen molar-refractivity contribution in [1.82, 2.24) is 4.98 Å². The molecular formula is C16H15BrFNO2. The summed E-state index contributed by atoms with van der Waals surface area (Å²) in [7, 11) is 0. The van der Waals surface area contributed by atoms with E-state index in [1.54, 1.807) is 31.2 Å². The summed E-state index contributed by atoms with van der Waals surface area (Å²) in [5, 5.41) is 0. The molecule has 2 aromatic rings. The van der Waals surface area contributed by atoms with E-state index in [0.29, 0.717) is 35.5 Å². The van der Waals surface area contributed by atoms with E-state index in [1.807, 2.05) is 6.92 Å². The molecule has 0 radical (unpaired) electrons. The molecule has 0 unspecified atom stereocenters. The van der Waals surface area contributed by atoms with Crippen molar-refractivity contribution < 1.29 is 13.9 Å². The number of ether oxygens (including phenoxy) is 1. The Morgan fingerprint density at radius 1 is 1.29 bits per heavy atom. The van der Waals surface area contributed by atoms with Crippen molar-refractivity contribution in [3.63, 3.8) is 0 Å². The Bertz CT molecular complexity index is 673. The highest BCUT2D eigenvalue weighted by Crippen LogP contribution is 2.26. The number of esters is 1. The largest absolute Gasteiger partial charge is 0.462 e. The summed E-state index contributed by atoms with van der Waals surface area (Å²) < 4.78 is 19.7. The average molecular weight is 352 g/mol. The maximum Gasteiger partial charge on any atom is 0.339 e. The molecule has 0 amide bonds. The highest BCUT2D eigenvalue weighted by Gasteiger charge is 2.15. The summed E-state index contributed by atoms with van der Waals surface area (Å²) in [5.41, 5.74) is 1.93. The van der Waals surface area contributed by atoms with E-state index >= 15 is 0 Å². The van der Waals surface area contributed by atoms with Gasteiger partial charge in [0.25, 0.3) is 0 Å². The van der Waals surface area contributed by atoms with Crippen molar-refractivity contribution in [2.24, 2.45) is 0 Å². The van der Waals surface area contributed by atoms with Crippen molar-refractivity contribution >= 4 is 21.9 Å². The number of rotatable bonds is 4. The number of benzene rings is 1. The second kappa shape index (κ2) is 6.80. The van der Waals surface area contributed by atoms with E-state index in [0.717, 1.165) is 4.47 Å². The monoisotopic (exact) mass is 351 g/mol. The van der Waals surface area contributed by atoms with Gasteiger partial charge in [-0.3, -0.25) is 4.98 Å². The van der Waals surface area contributed by atoms with Crippen LogP contribution in [0.4, 0.5) is 4.39 Å². The van der Waals surface area contributed by atoms with Gasteiger partial charge in [0.15, 0.2) is 0 Å². The third kappa shape index (κ3) is 3.47. The first kappa shape index (κ1) is 15.6. The number of nitrogens with zero attached hydrogens (tertiary/aromatic N) is 1. The number of carbonyl (C=O) groups excluding carboxylic acids is 1. The van der Waals surface area contributed by atoms with Crippen LogP contribution in [-0.4, -0.2) is 17.6 Å². The van der Waals surface area contributed by atoms with Gasteiger partial charge in [-0.1, -0.05) is 22.9 Å². The molecule has 5 heteroatoms. The van der Waals surface area contributed by atoms with Gasteiger partial charge in [0.1, 0.15) is 5.82 Å². The SMILES string of the molecule is CCOC(=O)c1ccc(-c2cc(Br)ccc2F)nc1CC. The summed E-state index contributed by atoms with van der Waals surface area (Å²) in [5.74, 6) is -0.750. The third-order valence-corrected chi connectivity index (χ3v) is 3.50. The van der Waals surface area contributed by atoms with Crippen LogP contribution >= 0.6 is 15.9 Å². The summed E-state index contributed by atoms with van der Waals surface area (Å²) in [6, 6.07) is 7.95. The molecule has 1 aromatic heterocycles.